The van der Waals surface area contributed by atoms with Gasteiger partial charge < -0.3 is 9.13 Å². The summed E-state index contributed by atoms with van der Waals surface area (Å²) >= 11 is 0. The third-order valence-corrected chi connectivity index (χ3v) is 11.5. The molecule has 268 valence electrons. The Morgan fingerprint density at radius 3 is 1.33 bits per heavy atom. The van der Waals surface area contributed by atoms with Crippen molar-refractivity contribution in [3.8, 4) is 56.9 Å². The summed E-state index contributed by atoms with van der Waals surface area (Å²) in [5.74, 6) is 0. The Morgan fingerprint density at radius 1 is 0.386 bits per heavy atom. The van der Waals surface area contributed by atoms with Crippen molar-refractivity contribution in [3.05, 3.63) is 192 Å². The fourth-order valence-electron chi connectivity index (χ4n) is 8.85. The van der Waals surface area contributed by atoms with Crippen molar-refractivity contribution in [2.75, 3.05) is 0 Å². The number of aryl methyl sites for hydroxylation is 3. The number of nitrogens with zero attached hydrogens (tertiary/aromatic N) is 4. The van der Waals surface area contributed by atoms with Crippen LogP contribution in [0.5, 0.6) is 0 Å². The molecule has 57 heavy (non-hydrogen) atoms. The highest BCUT2D eigenvalue weighted by Gasteiger charge is 2.23. The Labute approximate surface area is 331 Å². The summed E-state index contributed by atoms with van der Waals surface area (Å²) in [6, 6.07) is 62.5. The van der Waals surface area contributed by atoms with Crippen LogP contribution in [0.3, 0.4) is 0 Å². The summed E-state index contributed by atoms with van der Waals surface area (Å²) in [4.78, 5) is 0. The Hall–Kier alpha value is -7.66. The van der Waals surface area contributed by atoms with Gasteiger partial charge in [-0.1, -0.05) is 103 Å². The number of hydrogen-bond donors (Lipinski definition) is 0. The lowest BCUT2D eigenvalue weighted by atomic mass is 9.97. The van der Waals surface area contributed by atoms with Crippen LogP contribution in [0.15, 0.2) is 164 Å². The summed E-state index contributed by atoms with van der Waals surface area (Å²) in [5.41, 5.74) is 16.7. The molecular weight excluding hydrogens is 693 g/mol. The molecule has 0 saturated heterocycles. The van der Waals surface area contributed by atoms with Gasteiger partial charge in [-0.25, -0.2) is 0 Å². The van der Waals surface area contributed by atoms with Gasteiger partial charge in [0.15, 0.2) is 0 Å². The van der Waals surface area contributed by atoms with Crippen LogP contribution in [0, 0.1) is 43.4 Å². The summed E-state index contributed by atoms with van der Waals surface area (Å²) in [6.45, 7) is 6.32. The van der Waals surface area contributed by atoms with Gasteiger partial charge in [0.1, 0.15) is 11.6 Å². The molecule has 2 aromatic heterocycles. The fourth-order valence-corrected chi connectivity index (χ4v) is 8.85. The van der Waals surface area contributed by atoms with E-state index in [1.165, 1.54) is 22.3 Å². The van der Waals surface area contributed by atoms with Crippen LogP contribution in [0.4, 0.5) is 0 Å². The molecule has 8 aromatic carbocycles. The summed E-state index contributed by atoms with van der Waals surface area (Å²) in [5, 5.41) is 25.9. The summed E-state index contributed by atoms with van der Waals surface area (Å²) in [7, 11) is 0. The highest BCUT2D eigenvalue weighted by atomic mass is 15.0. The van der Waals surface area contributed by atoms with Crippen molar-refractivity contribution in [3.63, 3.8) is 0 Å². The molecule has 10 rings (SSSR count). The van der Waals surface area contributed by atoms with E-state index in [2.05, 4.69) is 187 Å². The number of hydrogen-bond acceptors (Lipinski definition) is 2. The standard InChI is InChI=1S/C53H36N4/c1-33-24-36(31-54)26-39(25-33)40-29-52(56-48-18-10-8-16-43(48)45-27-37(20-22-50(45)56)41-14-6-4-12-34(41)2)47(32-55)53(30-40)57-49-19-11-9-17-44(49)46-28-38(21-23-51(46)57)42-15-7-5-13-35(42)3/h4-30H,1-3H3. The van der Waals surface area contributed by atoms with E-state index in [-0.39, 0.29) is 0 Å². The summed E-state index contributed by atoms with van der Waals surface area (Å²) < 4.78 is 4.51. The molecule has 0 spiro atoms. The lowest BCUT2D eigenvalue weighted by Crippen LogP contribution is -2.05. The molecule has 4 heteroatoms. The Morgan fingerprint density at radius 2 is 0.842 bits per heavy atom. The smallest absolute Gasteiger partial charge is 0.104 e. The predicted octanol–water partition coefficient (Wildman–Crippen LogP) is 13.6. The molecule has 0 atom stereocenters. The molecule has 0 aliphatic carbocycles. The van der Waals surface area contributed by atoms with Gasteiger partial charge in [0.25, 0.3) is 0 Å². The molecule has 0 saturated carbocycles. The van der Waals surface area contributed by atoms with Crippen molar-refractivity contribution in [1.82, 2.24) is 9.13 Å². The van der Waals surface area contributed by atoms with Crippen molar-refractivity contribution >= 4 is 43.6 Å². The van der Waals surface area contributed by atoms with Crippen molar-refractivity contribution in [1.29, 1.82) is 10.5 Å². The topological polar surface area (TPSA) is 57.4 Å². The third kappa shape index (κ3) is 5.42. The maximum atomic E-state index is 11.4. The van der Waals surface area contributed by atoms with Gasteiger partial charge >= 0.3 is 0 Å². The van der Waals surface area contributed by atoms with Gasteiger partial charge in [0.2, 0.25) is 0 Å². The molecule has 0 unspecified atom stereocenters. The van der Waals surface area contributed by atoms with Gasteiger partial charge in [-0.05, 0) is 132 Å². The maximum absolute atomic E-state index is 11.4. The molecule has 4 nitrogen and oxygen atoms in total. The monoisotopic (exact) mass is 728 g/mol. The van der Waals surface area contributed by atoms with Crippen LogP contribution >= 0.6 is 0 Å². The van der Waals surface area contributed by atoms with E-state index >= 15 is 0 Å². The minimum absolute atomic E-state index is 0.558. The van der Waals surface area contributed by atoms with Gasteiger partial charge in [0.05, 0.1) is 45.1 Å². The molecule has 0 bridgehead atoms. The van der Waals surface area contributed by atoms with Crippen molar-refractivity contribution in [2.24, 2.45) is 0 Å². The Balaban J connectivity index is 1.31. The molecule has 0 amide bonds. The summed E-state index contributed by atoms with van der Waals surface area (Å²) in [6.07, 6.45) is 0. The van der Waals surface area contributed by atoms with Crippen LogP contribution in [0.1, 0.15) is 27.8 Å². The van der Waals surface area contributed by atoms with Crippen LogP contribution in [-0.2, 0) is 0 Å². The first-order chi connectivity index (χ1) is 27.9. The van der Waals surface area contributed by atoms with Crippen molar-refractivity contribution < 1.29 is 0 Å². The number of para-hydroxylation sites is 2. The molecule has 0 aliphatic rings. The van der Waals surface area contributed by atoms with Gasteiger partial charge in [-0.3, -0.25) is 0 Å². The normalized spacial score (nSPS) is 11.4. The SMILES string of the molecule is Cc1cc(C#N)cc(-c2cc(-n3c4ccccc4c4cc(-c5ccccc5C)ccc43)c(C#N)c(-n3c4ccccc4c4cc(-c5ccccc5C)ccc43)c2)c1. The van der Waals surface area contributed by atoms with E-state index in [0.717, 1.165) is 82.8 Å². The maximum Gasteiger partial charge on any atom is 0.104 e. The van der Waals surface area contributed by atoms with Crippen LogP contribution in [-0.4, -0.2) is 9.13 Å². The molecule has 0 aliphatic heterocycles. The number of fused-ring (bicyclic) bond motifs is 6. The van der Waals surface area contributed by atoms with Crippen LogP contribution in [0.2, 0.25) is 0 Å². The molecule has 2 heterocycles. The highest BCUT2D eigenvalue weighted by molar-refractivity contribution is 6.12. The quantitative estimate of drug-likeness (QED) is 0.177. The molecular formula is C53H36N4. The zero-order valence-corrected chi connectivity index (χ0v) is 31.9. The number of benzene rings is 8. The zero-order valence-electron chi connectivity index (χ0n) is 31.9. The lowest BCUT2D eigenvalue weighted by Gasteiger charge is -2.19. The molecule has 0 fully saturated rings. The van der Waals surface area contributed by atoms with Gasteiger partial charge in [-0.15, -0.1) is 0 Å². The van der Waals surface area contributed by atoms with Crippen molar-refractivity contribution in [2.45, 2.75) is 20.8 Å². The van der Waals surface area contributed by atoms with Gasteiger partial charge in [-0.2, -0.15) is 10.5 Å². The second kappa shape index (κ2) is 13.3. The predicted molar refractivity (Wildman–Crippen MR) is 235 cm³/mol. The molecule has 0 radical (unpaired) electrons. The Bertz CT molecular complexity index is 3180. The number of nitriles is 2. The first-order valence-corrected chi connectivity index (χ1v) is 19.2. The molecule has 0 N–H and O–H groups in total. The van der Waals surface area contributed by atoms with E-state index in [4.69, 9.17) is 0 Å². The minimum atomic E-state index is 0.558. The van der Waals surface area contributed by atoms with Crippen LogP contribution in [0.25, 0.3) is 88.4 Å². The second-order valence-corrected chi connectivity index (χ2v) is 15.0. The highest BCUT2D eigenvalue weighted by Crippen LogP contribution is 2.42. The zero-order chi connectivity index (χ0) is 38.8. The Kier molecular flexibility index (Phi) is 7.89. The minimum Gasteiger partial charge on any atom is -0.308 e. The third-order valence-electron chi connectivity index (χ3n) is 11.5. The first-order valence-electron chi connectivity index (χ1n) is 19.2. The first kappa shape index (κ1) is 33.9. The average Bonchev–Trinajstić information content (AvgIpc) is 3.75. The molecule has 10 aromatic rings. The van der Waals surface area contributed by atoms with E-state index in [1.807, 2.05) is 19.1 Å². The van der Waals surface area contributed by atoms with E-state index in [1.54, 1.807) is 0 Å². The number of aromatic nitrogens is 2. The largest absolute Gasteiger partial charge is 0.308 e. The van der Waals surface area contributed by atoms with E-state index in [9.17, 15) is 10.5 Å². The lowest BCUT2D eigenvalue weighted by molar-refractivity contribution is 1.12. The fraction of sp³-hybridized carbons (Fsp3) is 0.0566. The second-order valence-electron chi connectivity index (χ2n) is 15.0. The van der Waals surface area contributed by atoms with Gasteiger partial charge in [0, 0.05) is 21.5 Å². The van der Waals surface area contributed by atoms with E-state index in [0.29, 0.717) is 11.1 Å². The van der Waals surface area contributed by atoms with Crippen LogP contribution < -0.4 is 0 Å². The average molecular weight is 729 g/mol. The van der Waals surface area contributed by atoms with E-state index < -0.39 is 0 Å². The number of rotatable bonds is 5.